The third kappa shape index (κ3) is 4.70. The van der Waals surface area contributed by atoms with Gasteiger partial charge in [0.25, 0.3) is 5.91 Å². The van der Waals surface area contributed by atoms with Gasteiger partial charge in [-0.1, -0.05) is 11.6 Å². The molecule has 1 unspecified atom stereocenters. The second-order valence-corrected chi connectivity index (χ2v) is 5.19. The fraction of sp³-hybridized carbons (Fsp3) is 0.235. The Morgan fingerprint density at radius 3 is 2.58 bits per heavy atom. The Balaban J connectivity index is 1.94. The molecule has 1 N–H and O–H groups in total. The van der Waals surface area contributed by atoms with Crippen molar-refractivity contribution in [2.75, 3.05) is 11.9 Å². The average molecular weight is 349 g/mol. The smallest absolute Gasteiger partial charge is 0.342 e. The first-order valence-electron chi connectivity index (χ1n) is 7.36. The molecule has 1 amide bonds. The molecule has 0 saturated heterocycles. The van der Waals surface area contributed by atoms with Crippen LogP contribution in [-0.2, 0) is 9.53 Å². The first kappa shape index (κ1) is 17.7. The van der Waals surface area contributed by atoms with Gasteiger partial charge in [-0.25, -0.2) is 9.78 Å². The summed E-state index contributed by atoms with van der Waals surface area (Å²) >= 11 is 5.83. The van der Waals surface area contributed by atoms with Crippen molar-refractivity contribution >= 4 is 29.2 Å². The summed E-state index contributed by atoms with van der Waals surface area (Å²) in [6, 6.07) is 9.93. The summed E-state index contributed by atoms with van der Waals surface area (Å²) in [5.41, 5.74) is 0.686. The summed E-state index contributed by atoms with van der Waals surface area (Å²) in [6.45, 7) is 3.93. The van der Waals surface area contributed by atoms with Gasteiger partial charge in [-0.2, -0.15) is 0 Å². The molecular weight excluding hydrogens is 332 g/mol. The van der Waals surface area contributed by atoms with E-state index in [2.05, 4.69) is 10.3 Å². The minimum Gasteiger partial charge on any atom is -0.494 e. The van der Waals surface area contributed by atoms with Crippen molar-refractivity contribution in [3.8, 4) is 5.75 Å². The van der Waals surface area contributed by atoms with Gasteiger partial charge in [-0.05, 0) is 50.2 Å². The summed E-state index contributed by atoms with van der Waals surface area (Å²) in [5, 5.41) is 2.69. The Kier molecular flexibility index (Phi) is 6.14. The number of rotatable bonds is 6. The third-order valence-electron chi connectivity index (χ3n) is 3.06. The van der Waals surface area contributed by atoms with Crippen LogP contribution in [0.3, 0.4) is 0 Å². The molecule has 2 aromatic rings. The lowest BCUT2D eigenvalue weighted by Crippen LogP contribution is -2.30. The number of hydrogen-bond acceptors (Lipinski definition) is 5. The van der Waals surface area contributed by atoms with Crippen molar-refractivity contribution in [2.24, 2.45) is 0 Å². The molecule has 0 aliphatic heterocycles. The molecule has 0 saturated carbocycles. The highest BCUT2D eigenvalue weighted by Gasteiger charge is 2.20. The first-order valence-corrected chi connectivity index (χ1v) is 7.74. The van der Waals surface area contributed by atoms with Crippen LogP contribution in [0.5, 0.6) is 5.75 Å². The Labute approximate surface area is 144 Å². The van der Waals surface area contributed by atoms with Gasteiger partial charge in [0.15, 0.2) is 6.10 Å². The molecule has 7 heteroatoms. The largest absolute Gasteiger partial charge is 0.494 e. The molecule has 126 valence electrons. The van der Waals surface area contributed by atoms with Crippen molar-refractivity contribution in [1.29, 1.82) is 0 Å². The van der Waals surface area contributed by atoms with E-state index in [4.69, 9.17) is 21.1 Å². The quantitative estimate of drug-likeness (QED) is 0.640. The third-order valence-corrected chi connectivity index (χ3v) is 3.37. The van der Waals surface area contributed by atoms with Gasteiger partial charge >= 0.3 is 5.97 Å². The van der Waals surface area contributed by atoms with Gasteiger partial charge in [0.1, 0.15) is 10.9 Å². The topological polar surface area (TPSA) is 77.5 Å². The maximum Gasteiger partial charge on any atom is 0.342 e. The predicted octanol–water partition coefficient (Wildman–Crippen LogP) is 3.32. The molecule has 1 aromatic carbocycles. The monoisotopic (exact) mass is 348 g/mol. The van der Waals surface area contributed by atoms with Gasteiger partial charge < -0.3 is 14.8 Å². The SMILES string of the molecule is CCOc1ccc(NC(=O)C(C)OC(=O)c2cccnc2Cl)cc1. The van der Waals surface area contributed by atoms with Crippen LogP contribution < -0.4 is 10.1 Å². The number of pyridine rings is 1. The van der Waals surface area contributed by atoms with Gasteiger partial charge in [0, 0.05) is 11.9 Å². The normalized spacial score (nSPS) is 11.5. The first-order chi connectivity index (χ1) is 11.5. The van der Waals surface area contributed by atoms with Crippen molar-refractivity contribution in [1.82, 2.24) is 4.98 Å². The minimum absolute atomic E-state index is 0.0293. The zero-order chi connectivity index (χ0) is 17.5. The molecule has 1 atom stereocenters. The number of carbonyl (C=O) groups is 2. The number of halogens is 1. The molecule has 0 radical (unpaired) electrons. The number of ether oxygens (including phenoxy) is 2. The van der Waals surface area contributed by atoms with Gasteiger partial charge in [-0.15, -0.1) is 0 Å². The molecule has 1 aromatic heterocycles. The number of amides is 1. The van der Waals surface area contributed by atoms with E-state index in [0.717, 1.165) is 0 Å². The number of aromatic nitrogens is 1. The van der Waals surface area contributed by atoms with E-state index in [0.29, 0.717) is 18.0 Å². The van der Waals surface area contributed by atoms with Gasteiger partial charge in [0.2, 0.25) is 0 Å². The number of nitrogens with one attached hydrogen (secondary N) is 1. The molecule has 6 nitrogen and oxygen atoms in total. The second kappa shape index (κ2) is 8.31. The van der Waals surface area contributed by atoms with E-state index < -0.39 is 18.0 Å². The fourth-order valence-electron chi connectivity index (χ4n) is 1.86. The van der Waals surface area contributed by atoms with E-state index in [9.17, 15) is 9.59 Å². The standard InChI is InChI=1S/C17H17ClN2O4/c1-3-23-13-8-6-12(7-9-13)20-16(21)11(2)24-17(22)14-5-4-10-19-15(14)18/h4-11H,3H2,1-2H3,(H,20,21). The highest BCUT2D eigenvalue weighted by molar-refractivity contribution is 6.32. The molecule has 1 heterocycles. The Hall–Kier alpha value is -2.60. The second-order valence-electron chi connectivity index (χ2n) is 4.84. The van der Waals surface area contributed by atoms with Crippen molar-refractivity contribution in [3.63, 3.8) is 0 Å². The molecule has 0 fully saturated rings. The van der Waals surface area contributed by atoms with Crippen molar-refractivity contribution in [2.45, 2.75) is 20.0 Å². The van der Waals surface area contributed by atoms with E-state index >= 15 is 0 Å². The number of benzene rings is 1. The van der Waals surface area contributed by atoms with Crippen LogP contribution in [0.15, 0.2) is 42.6 Å². The zero-order valence-corrected chi connectivity index (χ0v) is 14.0. The molecule has 2 rings (SSSR count). The minimum atomic E-state index is -0.986. The number of nitrogens with zero attached hydrogens (tertiary/aromatic N) is 1. The molecular formula is C17H17ClN2O4. The Morgan fingerprint density at radius 2 is 1.96 bits per heavy atom. The lowest BCUT2D eigenvalue weighted by Gasteiger charge is -2.14. The fourth-order valence-corrected chi connectivity index (χ4v) is 2.06. The van der Waals surface area contributed by atoms with Gasteiger partial charge in [0.05, 0.1) is 12.2 Å². The summed E-state index contributed by atoms with van der Waals surface area (Å²) < 4.78 is 10.4. The number of hydrogen-bond donors (Lipinski definition) is 1. The van der Waals surface area contributed by atoms with Crippen LogP contribution in [0.25, 0.3) is 0 Å². The number of anilines is 1. The van der Waals surface area contributed by atoms with E-state index in [1.54, 1.807) is 30.3 Å². The lowest BCUT2D eigenvalue weighted by molar-refractivity contribution is -0.123. The Morgan fingerprint density at radius 1 is 1.25 bits per heavy atom. The maximum absolute atomic E-state index is 12.1. The van der Waals surface area contributed by atoms with Crippen LogP contribution >= 0.6 is 11.6 Å². The zero-order valence-electron chi connectivity index (χ0n) is 13.3. The van der Waals surface area contributed by atoms with Crippen LogP contribution in [0, 0.1) is 0 Å². The lowest BCUT2D eigenvalue weighted by atomic mass is 10.2. The molecule has 24 heavy (non-hydrogen) atoms. The Bertz CT molecular complexity index is 719. The van der Waals surface area contributed by atoms with Crippen molar-refractivity contribution < 1.29 is 19.1 Å². The highest BCUT2D eigenvalue weighted by Crippen LogP contribution is 2.17. The maximum atomic E-state index is 12.1. The number of carbonyl (C=O) groups excluding carboxylic acids is 2. The van der Waals surface area contributed by atoms with Crippen molar-refractivity contribution in [3.05, 3.63) is 53.3 Å². The summed E-state index contributed by atoms with van der Waals surface area (Å²) in [6.07, 6.45) is 0.474. The van der Waals surface area contributed by atoms with E-state index in [1.807, 2.05) is 6.92 Å². The molecule has 0 aliphatic carbocycles. The highest BCUT2D eigenvalue weighted by atomic mass is 35.5. The van der Waals surface area contributed by atoms with Crippen LogP contribution in [0.4, 0.5) is 5.69 Å². The summed E-state index contributed by atoms with van der Waals surface area (Å²) in [5.74, 6) is -0.448. The van der Waals surface area contributed by atoms with E-state index in [-0.39, 0.29) is 10.7 Å². The predicted molar refractivity (Wildman–Crippen MR) is 90.4 cm³/mol. The molecule has 0 bridgehead atoms. The van der Waals surface area contributed by atoms with Crippen LogP contribution in [0.1, 0.15) is 24.2 Å². The van der Waals surface area contributed by atoms with E-state index in [1.165, 1.54) is 19.2 Å². The van der Waals surface area contributed by atoms with Crippen LogP contribution in [-0.4, -0.2) is 29.6 Å². The molecule has 0 spiro atoms. The van der Waals surface area contributed by atoms with Gasteiger partial charge in [-0.3, -0.25) is 4.79 Å². The van der Waals surface area contributed by atoms with Crippen LogP contribution in [0.2, 0.25) is 5.15 Å². The summed E-state index contributed by atoms with van der Waals surface area (Å²) in [7, 11) is 0. The average Bonchev–Trinajstić information content (AvgIpc) is 2.57. The number of esters is 1. The summed E-state index contributed by atoms with van der Waals surface area (Å²) in [4.78, 5) is 27.9. The molecule has 0 aliphatic rings.